The molecule has 0 atom stereocenters. The van der Waals surface area contributed by atoms with Crippen LogP contribution in [0.15, 0.2) is 29.9 Å². The second-order valence-corrected chi connectivity index (χ2v) is 9.89. The molecule has 4 fully saturated rings. The van der Waals surface area contributed by atoms with Crippen LogP contribution in [0.5, 0.6) is 0 Å². The monoisotopic (exact) mass is 410 g/mol. The van der Waals surface area contributed by atoms with E-state index in [2.05, 4.69) is 20.6 Å². The molecule has 4 saturated carbocycles. The summed E-state index contributed by atoms with van der Waals surface area (Å²) >= 11 is 1.39. The van der Waals surface area contributed by atoms with Gasteiger partial charge in [0.1, 0.15) is 0 Å². The van der Waals surface area contributed by atoms with Crippen LogP contribution in [0.4, 0.5) is 5.13 Å². The van der Waals surface area contributed by atoms with Gasteiger partial charge in [-0.2, -0.15) is 0 Å². The number of thiazole rings is 1. The first-order valence-corrected chi connectivity index (χ1v) is 11.4. The predicted octanol–water partition coefficient (Wildman–Crippen LogP) is 3.87. The summed E-state index contributed by atoms with van der Waals surface area (Å²) in [6.07, 6.45) is 10.8. The highest BCUT2D eigenvalue weighted by atomic mass is 32.1. The summed E-state index contributed by atoms with van der Waals surface area (Å²) in [5, 5.41) is 8.38. The lowest BCUT2D eigenvalue weighted by Crippen LogP contribution is -2.53. The molecular weight excluding hydrogens is 384 g/mol. The van der Waals surface area contributed by atoms with Crippen LogP contribution in [0.3, 0.4) is 0 Å². The Hall–Kier alpha value is -2.28. The van der Waals surface area contributed by atoms with Crippen LogP contribution in [0, 0.1) is 23.2 Å². The van der Waals surface area contributed by atoms with Gasteiger partial charge in [0, 0.05) is 41.7 Å². The van der Waals surface area contributed by atoms with Gasteiger partial charge < -0.3 is 10.6 Å². The normalized spacial score (nSPS) is 29.6. The Morgan fingerprint density at radius 2 is 1.86 bits per heavy atom. The lowest BCUT2D eigenvalue weighted by Gasteiger charge is -2.55. The average Bonchev–Trinajstić information content (AvgIpc) is 3.16. The topological polar surface area (TPSA) is 84.0 Å². The molecule has 2 heterocycles. The number of amides is 2. The summed E-state index contributed by atoms with van der Waals surface area (Å²) in [5.74, 6) is 2.29. The van der Waals surface area contributed by atoms with Gasteiger partial charge in [-0.15, -0.1) is 11.3 Å². The predicted molar refractivity (Wildman–Crippen MR) is 112 cm³/mol. The molecule has 4 bridgehead atoms. The van der Waals surface area contributed by atoms with Crippen LogP contribution in [0.1, 0.15) is 44.9 Å². The number of carbonyl (C=O) groups is 2. The van der Waals surface area contributed by atoms with Crippen molar-refractivity contribution in [3.8, 4) is 11.3 Å². The van der Waals surface area contributed by atoms with Gasteiger partial charge in [0.15, 0.2) is 5.13 Å². The zero-order valence-electron chi connectivity index (χ0n) is 16.4. The van der Waals surface area contributed by atoms with Crippen LogP contribution < -0.4 is 10.6 Å². The Balaban J connectivity index is 1.11. The Labute approximate surface area is 174 Å². The molecule has 0 spiro atoms. The number of rotatable bonds is 6. The van der Waals surface area contributed by atoms with Gasteiger partial charge in [0.25, 0.3) is 0 Å². The quantitative estimate of drug-likeness (QED) is 0.757. The molecule has 0 saturated heterocycles. The van der Waals surface area contributed by atoms with E-state index in [4.69, 9.17) is 0 Å². The zero-order chi connectivity index (χ0) is 19.8. The largest absolute Gasteiger partial charge is 0.355 e. The highest BCUT2D eigenvalue weighted by Crippen LogP contribution is 2.60. The molecule has 6 rings (SSSR count). The molecule has 4 aliphatic carbocycles. The van der Waals surface area contributed by atoms with E-state index in [1.54, 1.807) is 12.4 Å². The van der Waals surface area contributed by atoms with Crippen molar-refractivity contribution in [3.63, 3.8) is 0 Å². The molecule has 4 aliphatic rings. The van der Waals surface area contributed by atoms with Crippen molar-refractivity contribution >= 4 is 28.3 Å². The molecular formula is C22H26N4O2S. The second-order valence-electron chi connectivity index (χ2n) is 9.03. The fourth-order valence-corrected chi connectivity index (χ4v) is 6.76. The third kappa shape index (κ3) is 3.80. The van der Waals surface area contributed by atoms with Crippen molar-refractivity contribution in [2.45, 2.75) is 44.9 Å². The minimum atomic E-state index is -0.154. The molecule has 0 radical (unpaired) electrons. The van der Waals surface area contributed by atoms with Gasteiger partial charge in [-0.1, -0.05) is 0 Å². The molecule has 2 N–H and O–H groups in total. The minimum absolute atomic E-state index is 0.122. The SMILES string of the molecule is O=C(CCNC(=O)C12CC3CC(CC(C3)C1)C2)Nc1nc(-c2cccnc2)cs1. The Bertz CT molecular complexity index is 875. The number of hydrogen-bond acceptors (Lipinski definition) is 5. The Kier molecular flexibility index (Phi) is 4.86. The molecule has 2 aromatic rings. The Morgan fingerprint density at radius 1 is 1.14 bits per heavy atom. The van der Waals surface area contributed by atoms with Crippen molar-refractivity contribution in [3.05, 3.63) is 29.9 Å². The molecule has 152 valence electrons. The average molecular weight is 411 g/mol. The van der Waals surface area contributed by atoms with E-state index in [0.717, 1.165) is 48.3 Å². The van der Waals surface area contributed by atoms with E-state index in [0.29, 0.717) is 11.7 Å². The van der Waals surface area contributed by atoms with E-state index < -0.39 is 0 Å². The number of pyridine rings is 1. The number of anilines is 1. The summed E-state index contributed by atoms with van der Waals surface area (Å²) < 4.78 is 0. The highest BCUT2D eigenvalue weighted by Gasteiger charge is 2.54. The number of carbonyl (C=O) groups excluding carboxylic acids is 2. The maximum atomic E-state index is 12.9. The fraction of sp³-hybridized carbons (Fsp3) is 0.545. The molecule has 0 aromatic carbocycles. The molecule has 6 nitrogen and oxygen atoms in total. The number of aromatic nitrogens is 2. The summed E-state index contributed by atoms with van der Waals surface area (Å²) in [4.78, 5) is 33.8. The Morgan fingerprint density at radius 3 is 2.52 bits per heavy atom. The lowest BCUT2D eigenvalue weighted by atomic mass is 9.49. The van der Waals surface area contributed by atoms with Crippen molar-refractivity contribution < 1.29 is 9.59 Å². The van der Waals surface area contributed by atoms with E-state index >= 15 is 0 Å². The van der Waals surface area contributed by atoms with Gasteiger partial charge in [-0.05, 0) is 68.4 Å². The first-order chi connectivity index (χ1) is 14.1. The molecule has 29 heavy (non-hydrogen) atoms. The first kappa shape index (κ1) is 18.7. The highest BCUT2D eigenvalue weighted by molar-refractivity contribution is 7.14. The van der Waals surface area contributed by atoms with Gasteiger partial charge in [-0.25, -0.2) is 4.98 Å². The van der Waals surface area contributed by atoms with Crippen LogP contribution >= 0.6 is 11.3 Å². The van der Waals surface area contributed by atoms with Crippen LogP contribution in [-0.4, -0.2) is 28.3 Å². The second kappa shape index (κ2) is 7.52. The summed E-state index contributed by atoms with van der Waals surface area (Å²) in [7, 11) is 0. The van der Waals surface area contributed by atoms with Crippen LogP contribution in [0.25, 0.3) is 11.3 Å². The van der Waals surface area contributed by atoms with Gasteiger partial charge >= 0.3 is 0 Å². The minimum Gasteiger partial charge on any atom is -0.355 e. The van der Waals surface area contributed by atoms with Crippen LogP contribution in [0.2, 0.25) is 0 Å². The van der Waals surface area contributed by atoms with Gasteiger partial charge in [0.2, 0.25) is 11.8 Å². The molecule has 7 heteroatoms. The standard InChI is InChI=1S/C22H26N4O2S/c27-19(26-21-25-18(13-29-21)17-2-1-4-23-12-17)3-5-24-20(28)22-9-14-6-15(10-22)8-16(7-14)11-22/h1-2,4,12-16H,3,5-11H2,(H,24,28)(H,25,26,27). The van der Waals surface area contributed by atoms with Crippen molar-refractivity contribution in [1.29, 1.82) is 0 Å². The van der Waals surface area contributed by atoms with Crippen molar-refractivity contribution in [2.75, 3.05) is 11.9 Å². The van der Waals surface area contributed by atoms with Gasteiger partial charge in [0.05, 0.1) is 5.69 Å². The van der Waals surface area contributed by atoms with Crippen LogP contribution in [-0.2, 0) is 9.59 Å². The zero-order valence-corrected chi connectivity index (χ0v) is 17.2. The summed E-state index contributed by atoms with van der Waals surface area (Å²) in [5.41, 5.74) is 1.57. The fourth-order valence-electron chi connectivity index (χ4n) is 6.03. The molecule has 2 aromatic heterocycles. The number of nitrogens with one attached hydrogen (secondary N) is 2. The van der Waals surface area contributed by atoms with E-state index in [1.807, 2.05) is 17.5 Å². The lowest BCUT2D eigenvalue weighted by molar-refractivity contribution is -0.146. The maximum Gasteiger partial charge on any atom is 0.227 e. The summed E-state index contributed by atoms with van der Waals surface area (Å²) in [6, 6.07) is 3.80. The first-order valence-electron chi connectivity index (χ1n) is 10.5. The van der Waals surface area contributed by atoms with Crippen molar-refractivity contribution in [1.82, 2.24) is 15.3 Å². The van der Waals surface area contributed by atoms with Crippen molar-refractivity contribution in [2.24, 2.45) is 23.2 Å². The maximum absolute atomic E-state index is 12.9. The van der Waals surface area contributed by atoms with E-state index in [9.17, 15) is 9.59 Å². The van der Waals surface area contributed by atoms with Gasteiger partial charge in [-0.3, -0.25) is 14.6 Å². The van der Waals surface area contributed by atoms with E-state index in [-0.39, 0.29) is 23.7 Å². The third-order valence-electron chi connectivity index (χ3n) is 6.87. The number of hydrogen-bond donors (Lipinski definition) is 2. The summed E-state index contributed by atoms with van der Waals surface area (Å²) in [6.45, 7) is 0.382. The molecule has 0 unspecified atom stereocenters. The number of nitrogens with zero attached hydrogens (tertiary/aromatic N) is 2. The smallest absolute Gasteiger partial charge is 0.227 e. The van der Waals surface area contributed by atoms with E-state index in [1.165, 1.54) is 30.6 Å². The molecule has 2 amide bonds. The third-order valence-corrected chi connectivity index (χ3v) is 7.62. The molecule has 0 aliphatic heterocycles.